The Labute approximate surface area is 172 Å². The molecule has 8 nitrogen and oxygen atoms in total. The lowest BCUT2D eigenvalue weighted by molar-refractivity contribution is -0.179. The second-order valence-electron chi connectivity index (χ2n) is 9.00. The first-order valence-electron chi connectivity index (χ1n) is 10.8. The summed E-state index contributed by atoms with van der Waals surface area (Å²) in [4.78, 5) is 30.3. The van der Waals surface area contributed by atoms with Gasteiger partial charge in [0.05, 0.1) is 26.4 Å². The van der Waals surface area contributed by atoms with E-state index in [9.17, 15) is 9.59 Å². The zero-order chi connectivity index (χ0) is 20.5. The number of Topliss-reactive ketones (excluding diaryl/α,β-unsaturated/α-hetero) is 2. The summed E-state index contributed by atoms with van der Waals surface area (Å²) in [7, 11) is 3.25. The average Bonchev–Trinajstić information content (AvgIpc) is 2.75. The van der Waals surface area contributed by atoms with Crippen LogP contribution in [0.25, 0.3) is 0 Å². The number of carbonyl (C=O) groups is 2. The van der Waals surface area contributed by atoms with Gasteiger partial charge in [-0.25, -0.2) is 0 Å². The quantitative estimate of drug-likeness (QED) is 0.377. The molecule has 6 aliphatic heterocycles. The van der Waals surface area contributed by atoms with Crippen molar-refractivity contribution in [2.24, 2.45) is 11.8 Å². The van der Waals surface area contributed by atoms with E-state index in [1.807, 2.05) is 0 Å². The number of nitrogens with zero attached hydrogens (tertiary/aromatic N) is 2. The van der Waals surface area contributed by atoms with Gasteiger partial charge in [-0.3, -0.25) is 19.4 Å². The van der Waals surface area contributed by atoms with E-state index in [4.69, 9.17) is 18.9 Å². The largest absolute Gasteiger partial charge is 0.382 e. The monoisotopic (exact) mass is 410 g/mol. The van der Waals surface area contributed by atoms with Crippen molar-refractivity contribution >= 4 is 11.6 Å². The predicted octanol–water partition coefficient (Wildman–Crippen LogP) is 0.337. The number of rotatable bonds is 10. The number of piperidine rings is 6. The van der Waals surface area contributed by atoms with E-state index in [1.165, 1.54) is 0 Å². The summed E-state index contributed by atoms with van der Waals surface area (Å²) in [6.07, 6.45) is 3.72. The molecule has 4 bridgehead atoms. The molecule has 2 unspecified atom stereocenters. The van der Waals surface area contributed by atoms with Crippen LogP contribution in [0.1, 0.15) is 25.7 Å². The molecule has 6 fully saturated rings. The molecular formula is C21H34N2O6. The first-order chi connectivity index (χ1) is 14.1. The number of hydrogen-bond acceptors (Lipinski definition) is 8. The Morgan fingerprint density at radius 2 is 1.10 bits per heavy atom. The fraction of sp³-hybridized carbons (Fsp3) is 0.905. The van der Waals surface area contributed by atoms with Crippen LogP contribution in [-0.4, -0.2) is 106 Å². The Hall–Kier alpha value is -0.900. The SMILES string of the molecule is COCC1(COCOCC2(COC)C(=O)C3CCN2CC3)C(=O)C2CCN1CC2. The van der Waals surface area contributed by atoms with Gasteiger partial charge in [0.15, 0.2) is 11.6 Å². The van der Waals surface area contributed by atoms with E-state index in [0.29, 0.717) is 13.2 Å². The predicted molar refractivity (Wildman–Crippen MR) is 105 cm³/mol. The van der Waals surface area contributed by atoms with Crippen LogP contribution >= 0.6 is 0 Å². The molecule has 0 aromatic rings. The summed E-state index contributed by atoms with van der Waals surface area (Å²) >= 11 is 0. The van der Waals surface area contributed by atoms with E-state index < -0.39 is 11.1 Å². The summed E-state index contributed by atoms with van der Waals surface area (Å²) in [5.74, 6) is 0.706. The molecule has 0 aromatic carbocycles. The van der Waals surface area contributed by atoms with Crippen LogP contribution in [0.15, 0.2) is 0 Å². The smallest absolute Gasteiger partial charge is 0.160 e. The Bertz CT molecular complexity index is 562. The third-order valence-electron chi connectivity index (χ3n) is 7.47. The van der Waals surface area contributed by atoms with Crippen LogP contribution < -0.4 is 0 Å². The molecule has 0 N–H and O–H groups in total. The Kier molecular flexibility index (Phi) is 6.39. The standard InChI is InChI=1S/C21H34N2O6/c1-26-11-20(18(24)16-3-7-22(20)8-4-16)13-28-15-29-14-21(12-27-2)19(25)17-5-9-23(21)10-6-17/h16-17H,3-15H2,1-2H3. The van der Waals surface area contributed by atoms with Gasteiger partial charge in [0, 0.05) is 26.1 Å². The molecule has 164 valence electrons. The van der Waals surface area contributed by atoms with Crippen molar-refractivity contribution in [2.75, 3.05) is 73.6 Å². The number of hydrogen-bond donors (Lipinski definition) is 0. The van der Waals surface area contributed by atoms with E-state index in [2.05, 4.69) is 9.80 Å². The van der Waals surface area contributed by atoms with Gasteiger partial charge in [-0.15, -0.1) is 0 Å². The number of methoxy groups -OCH3 is 2. The molecule has 0 spiro atoms. The highest BCUT2D eigenvalue weighted by molar-refractivity contribution is 5.93. The van der Waals surface area contributed by atoms with Crippen molar-refractivity contribution in [1.29, 1.82) is 0 Å². The highest BCUT2D eigenvalue weighted by Crippen LogP contribution is 2.38. The van der Waals surface area contributed by atoms with Crippen molar-refractivity contribution in [3.8, 4) is 0 Å². The van der Waals surface area contributed by atoms with Crippen molar-refractivity contribution in [3.05, 3.63) is 0 Å². The molecule has 0 aliphatic carbocycles. The van der Waals surface area contributed by atoms with Gasteiger partial charge < -0.3 is 18.9 Å². The van der Waals surface area contributed by atoms with Crippen LogP contribution in [0.5, 0.6) is 0 Å². The fourth-order valence-electron chi connectivity index (χ4n) is 5.90. The number of ether oxygens (including phenoxy) is 4. The molecule has 2 atom stereocenters. The molecule has 6 rings (SSSR count). The van der Waals surface area contributed by atoms with Crippen LogP contribution in [0.4, 0.5) is 0 Å². The Morgan fingerprint density at radius 1 is 0.724 bits per heavy atom. The van der Waals surface area contributed by atoms with Gasteiger partial charge in [-0.05, 0) is 51.9 Å². The molecule has 0 aromatic heterocycles. The molecule has 6 saturated heterocycles. The van der Waals surface area contributed by atoms with Crippen LogP contribution in [-0.2, 0) is 28.5 Å². The van der Waals surface area contributed by atoms with Gasteiger partial charge in [0.25, 0.3) is 0 Å². The second-order valence-corrected chi connectivity index (χ2v) is 9.00. The molecule has 8 heteroatoms. The highest BCUT2D eigenvalue weighted by atomic mass is 16.7. The van der Waals surface area contributed by atoms with E-state index in [0.717, 1.165) is 51.9 Å². The lowest BCUT2D eigenvalue weighted by Gasteiger charge is -2.52. The maximum atomic E-state index is 13.0. The molecule has 0 radical (unpaired) electrons. The minimum absolute atomic E-state index is 0.0501. The van der Waals surface area contributed by atoms with Gasteiger partial charge in [0.2, 0.25) is 0 Å². The van der Waals surface area contributed by atoms with Crippen molar-refractivity contribution in [1.82, 2.24) is 9.80 Å². The van der Waals surface area contributed by atoms with Gasteiger partial charge in [-0.1, -0.05) is 0 Å². The molecule has 0 amide bonds. The van der Waals surface area contributed by atoms with Crippen molar-refractivity contribution in [2.45, 2.75) is 36.8 Å². The normalized spacial score (nSPS) is 41.3. The maximum Gasteiger partial charge on any atom is 0.160 e. The topological polar surface area (TPSA) is 77.5 Å². The molecule has 29 heavy (non-hydrogen) atoms. The average molecular weight is 411 g/mol. The third-order valence-corrected chi connectivity index (χ3v) is 7.47. The van der Waals surface area contributed by atoms with E-state index in [-0.39, 0.29) is 43.4 Å². The lowest BCUT2D eigenvalue weighted by Crippen LogP contribution is -2.69. The minimum atomic E-state index is -0.702. The summed E-state index contributed by atoms with van der Waals surface area (Å²) < 4.78 is 22.5. The van der Waals surface area contributed by atoms with Gasteiger partial charge in [-0.2, -0.15) is 0 Å². The number of fused-ring (bicyclic) bond motifs is 6. The first kappa shape index (κ1) is 21.3. The zero-order valence-electron chi connectivity index (χ0n) is 17.7. The molecule has 0 saturated carbocycles. The lowest BCUT2D eigenvalue weighted by atomic mass is 9.74. The summed E-state index contributed by atoms with van der Waals surface area (Å²) in [5.41, 5.74) is -1.40. The number of ketones is 2. The van der Waals surface area contributed by atoms with Crippen molar-refractivity contribution < 1.29 is 28.5 Å². The number of carbonyl (C=O) groups excluding carboxylic acids is 2. The molecule has 6 aliphatic rings. The van der Waals surface area contributed by atoms with E-state index in [1.54, 1.807) is 14.2 Å². The maximum absolute atomic E-state index is 13.0. The first-order valence-corrected chi connectivity index (χ1v) is 10.8. The zero-order valence-corrected chi connectivity index (χ0v) is 17.7. The van der Waals surface area contributed by atoms with E-state index >= 15 is 0 Å². The Balaban J connectivity index is 1.34. The highest BCUT2D eigenvalue weighted by Gasteiger charge is 2.54. The molecule has 6 heterocycles. The van der Waals surface area contributed by atoms with Crippen LogP contribution in [0.2, 0.25) is 0 Å². The van der Waals surface area contributed by atoms with Crippen molar-refractivity contribution in [3.63, 3.8) is 0 Å². The molecular weight excluding hydrogens is 376 g/mol. The summed E-state index contributed by atoms with van der Waals surface area (Å²) in [6, 6.07) is 0. The Morgan fingerprint density at radius 3 is 1.41 bits per heavy atom. The third kappa shape index (κ3) is 3.58. The summed E-state index contributed by atoms with van der Waals surface area (Å²) in [6.45, 7) is 4.87. The van der Waals surface area contributed by atoms with Gasteiger partial charge >= 0.3 is 0 Å². The van der Waals surface area contributed by atoms with Gasteiger partial charge in [0.1, 0.15) is 17.9 Å². The second kappa shape index (κ2) is 8.69. The summed E-state index contributed by atoms with van der Waals surface area (Å²) in [5, 5.41) is 0. The minimum Gasteiger partial charge on any atom is -0.382 e. The van der Waals surface area contributed by atoms with Crippen LogP contribution in [0, 0.1) is 11.8 Å². The fourth-order valence-corrected chi connectivity index (χ4v) is 5.90. The van der Waals surface area contributed by atoms with Crippen LogP contribution in [0.3, 0.4) is 0 Å².